The van der Waals surface area contributed by atoms with Crippen LogP contribution in [0.15, 0.2) is 18.3 Å². The van der Waals surface area contributed by atoms with Crippen molar-refractivity contribution in [1.82, 2.24) is 9.97 Å². The van der Waals surface area contributed by atoms with E-state index < -0.39 is 5.97 Å². The number of hydrogen-bond donors (Lipinski definition) is 2. The van der Waals surface area contributed by atoms with Crippen molar-refractivity contribution in [3.8, 4) is 17.0 Å². The Bertz CT molecular complexity index is 579. The van der Waals surface area contributed by atoms with E-state index in [4.69, 9.17) is 9.84 Å². The maximum atomic E-state index is 10.8. The number of H-pyrrole nitrogens is 1. The van der Waals surface area contributed by atoms with E-state index in [-0.39, 0.29) is 5.82 Å². The van der Waals surface area contributed by atoms with Gasteiger partial charge in [0.2, 0.25) is 5.82 Å². The Hall–Kier alpha value is -2.30. The van der Waals surface area contributed by atoms with Gasteiger partial charge in [0.1, 0.15) is 5.75 Å². The molecule has 1 aromatic carbocycles. The molecule has 0 unspecified atom stereocenters. The molecular formula is C13H14N2O3. The summed E-state index contributed by atoms with van der Waals surface area (Å²) in [4.78, 5) is 17.3. The monoisotopic (exact) mass is 246 g/mol. The van der Waals surface area contributed by atoms with E-state index in [0.717, 1.165) is 22.4 Å². The molecule has 1 heterocycles. The normalized spacial score (nSPS) is 10.4. The molecule has 2 rings (SSSR count). The van der Waals surface area contributed by atoms with Crippen LogP contribution in [0.25, 0.3) is 11.3 Å². The number of aromatic carboxylic acids is 1. The van der Waals surface area contributed by atoms with Crippen LogP contribution in [0, 0.1) is 13.8 Å². The Kier molecular flexibility index (Phi) is 3.06. The topological polar surface area (TPSA) is 75.2 Å². The summed E-state index contributed by atoms with van der Waals surface area (Å²) < 4.78 is 5.29. The largest absolute Gasteiger partial charge is 0.496 e. The fraction of sp³-hybridized carbons (Fsp3) is 0.231. The molecule has 0 aliphatic carbocycles. The highest BCUT2D eigenvalue weighted by molar-refractivity contribution is 5.84. The van der Waals surface area contributed by atoms with Gasteiger partial charge in [-0.2, -0.15) is 0 Å². The summed E-state index contributed by atoms with van der Waals surface area (Å²) in [5.74, 6) is -0.281. The Morgan fingerprint density at radius 2 is 1.94 bits per heavy atom. The van der Waals surface area contributed by atoms with Crippen LogP contribution in [-0.2, 0) is 0 Å². The molecule has 0 atom stereocenters. The maximum absolute atomic E-state index is 10.8. The fourth-order valence-electron chi connectivity index (χ4n) is 2.00. The summed E-state index contributed by atoms with van der Waals surface area (Å²) in [5, 5.41) is 8.82. The number of carboxylic acid groups (broad SMARTS) is 1. The van der Waals surface area contributed by atoms with Crippen LogP contribution in [0.1, 0.15) is 21.7 Å². The van der Waals surface area contributed by atoms with Crippen LogP contribution >= 0.6 is 0 Å². The molecule has 0 amide bonds. The van der Waals surface area contributed by atoms with E-state index in [9.17, 15) is 4.79 Å². The van der Waals surface area contributed by atoms with Gasteiger partial charge in [0.05, 0.1) is 19.0 Å². The number of aryl methyl sites for hydroxylation is 2. The predicted octanol–water partition coefficient (Wildman–Crippen LogP) is 2.40. The second kappa shape index (κ2) is 4.52. The first-order valence-corrected chi connectivity index (χ1v) is 5.47. The van der Waals surface area contributed by atoms with Gasteiger partial charge in [-0.25, -0.2) is 9.78 Å². The molecule has 5 nitrogen and oxygen atoms in total. The van der Waals surface area contributed by atoms with Crippen molar-refractivity contribution >= 4 is 5.97 Å². The van der Waals surface area contributed by atoms with Crippen LogP contribution in [-0.4, -0.2) is 28.2 Å². The molecule has 0 spiro atoms. The number of aromatic nitrogens is 2. The van der Waals surface area contributed by atoms with Crippen LogP contribution in [0.4, 0.5) is 0 Å². The van der Waals surface area contributed by atoms with Gasteiger partial charge < -0.3 is 14.8 Å². The van der Waals surface area contributed by atoms with E-state index >= 15 is 0 Å². The summed E-state index contributed by atoms with van der Waals surface area (Å²) >= 11 is 0. The lowest BCUT2D eigenvalue weighted by Crippen LogP contribution is -1.98. The summed E-state index contributed by atoms with van der Waals surface area (Å²) in [6.45, 7) is 3.90. The number of nitrogens with one attached hydrogen (secondary N) is 1. The molecule has 0 saturated heterocycles. The molecule has 1 aromatic heterocycles. The van der Waals surface area contributed by atoms with Gasteiger partial charge >= 0.3 is 5.97 Å². The van der Waals surface area contributed by atoms with Gasteiger partial charge in [-0.3, -0.25) is 0 Å². The molecular weight excluding hydrogens is 232 g/mol. The first-order valence-electron chi connectivity index (χ1n) is 5.47. The highest BCUT2D eigenvalue weighted by Gasteiger charge is 2.11. The zero-order valence-electron chi connectivity index (χ0n) is 10.4. The number of hydrogen-bond acceptors (Lipinski definition) is 3. The fourth-order valence-corrected chi connectivity index (χ4v) is 2.00. The first-order chi connectivity index (χ1) is 8.52. The van der Waals surface area contributed by atoms with Gasteiger partial charge in [0.15, 0.2) is 0 Å². The highest BCUT2D eigenvalue weighted by atomic mass is 16.5. The van der Waals surface area contributed by atoms with Gasteiger partial charge in [-0.05, 0) is 37.1 Å². The number of nitrogens with zero attached hydrogens (tertiary/aromatic N) is 1. The molecule has 2 N–H and O–H groups in total. The molecule has 2 aromatic rings. The molecule has 5 heteroatoms. The summed E-state index contributed by atoms with van der Waals surface area (Å²) in [7, 11) is 1.63. The lowest BCUT2D eigenvalue weighted by atomic mass is 10.0. The average Bonchev–Trinajstić information content (AvgIpc) is 2.77. The number of rotatable bonds is 3. The minimum absolute atomic E-state index is 0.0591. The molecule has 0 radical (unpaired) electrons. The Balaban J connectivity index is 2.47. The van der Waals surface area contributed by atoms with E-state index in [1.54, 1.807) is 7.11 Å². The third-order valence-electron chi connectivity index (χ3n) is 2.75. The van der Waals surface area contributed by atoms with Crippen LogP contribution in [0.5, 0.6) is 5.75 Å². The lowest BCUT2D eigenvalue weighted by molar-refractivity contribution is 0.0685. The third-order valence-corrected chi connectivity index (χ3v) is 2.75. The number of methoxy groups -OCH3 is 1. The van der Waals surface area contributed by atoms with E-state index in [1.165, 1.54) is 6.20 Å². The number of imidazole rings is 1. The van der Waals surface area contributed by atoms with Crippen molar-refractivity contribution in [2.45, 2.75) is 13.8 Å². The zero-order chi connectivity index (χ0) is 13.3. The van der Waals surface area contributed by atoms with Crippen LogP contribution < -0.4 is 4.74 Å². The Morgan fingerprint density at radius 1 is 1.33 bits per heavy atom. The SMILES string of the molecule is COc1c(C)cc(-c2cnc(C(=O)O)[nH]2)cc1C. The Labute approximate surface area is 104 Å². The quantitative estimate of drug-likeness (QED) is 0.872. The van der Waals surface area contributed by atoms with Gasteiger partial charge in [0.25, 0.3) is 0 Å². The summed E-state index contributed by atoms with van der Waals surface area (Å²) in [6, 6.07) is 3.87. The highest BCUT2D eigenvalue weighted by Crippen LogP contribution is 2.29. The van der Waals surface area contributed by atoms with Crippen LogP contribution in [0.2, 0.25) is 0 Å². The predicted molar refractivity (Wildman–Crippen MR) is 67.0 cm³/mol. The van der Waals surface area contributed by atoms with Crippen molar-refractivity contribution in [3.05, 3.63) is 35.3 Å². The average molecular weight is 246 g/mol. The summed E-state index contributed by atoms with van der Waals surface area (Å²) in [6.07, 6.45) is 1.52. The lowest BCUT2D eigenvalue weighted by Gasteiger charge is -2.10. The van der Waals surface area contributed by atoms with Gasteiger partial charge in [0, 0.05) is 5.56 Å². The molecule has 18 heavy (non-hydrogen) atoms. The third kappa shape index (κ3) is 2.07. The molecule has 0 fully saturated rings. The smallest absolute Gasteiger partial charge is 0.371 e. The zero-order valence-corrected chi connectivity index (χ0v) is 10.4. The Morgan fingerprint density at radius 3 is 2.39 bits per heavy atom. The molecule has 0 aliphatic heterocycles. The van der Waals surface area contributed by atoms with Crippen LogP contribution in [0.3, 0.4) is 0 Å². The van der Waals surface area contributed by atoms with Crippen molar-refractivity contribution in [2.24, 2.45) is 0 Å². The first kappa shape index (κ1) is 12.2. The molecule has 94 valence electrons. The number of ether oxygens (including phenoxy) is 1. The minimum atomic E-state index is -1.07. The van der Waals surface area contributed by atoms with E-state index in [1.807, 2.05) is 26.0 Å². The molecule has 0 saturated carbocycles. The van der Waals surface area contributed by atoms with Gasteiger partial charge in [-0.15, -0.1) is 0 Å². The molecule has 0 bridgehead atoms. The number of carbonyl (C=O) groups is 1. The van der Waals surface area contributed by atoms with Crippen molar-refractivity contribution < 1.29 is 14.6 Å². The second-order valence-corrected chi connectivity index (χ2v) is 4.09. The number of benzene rings is 1. The van der Waals surface area contributed by atoms with Crippen molar-refractivity contribution in [1.29, 1.82) is 0 Å². The van der Waals surface area contributed by atoms with E-state index in [2.05, 4.69) is 9.97 Å². The maximum Gasteiger partial charge on any atom is 0.371 e. The van der Waals surface area contributed by atoms with Crippen molar-refractivity contribution in [2.75, 3.05) is 7.11 Å². The molecule has 0 aliphatic rings. The second-order valence-electron chi connectivity index (χ2n) is 4.09. The number of carboxylic acids is 1. The minimum Gasteiger partial charge on any atom is -0.496 e. The van der Waals surface area contributed by atoms with Crippen molar-refractivity contribution in [3.63, 3.8) is 0 Å². The summed E-state index contributed by atoms with van der Waals surface area (Å²) in [5.41, 5.74) is 3.57. The standard InChI is InChI=1S/C13H14N2O3/c1-7-4-9(5-8(2)11(7)18-3)10-6-14-12(15-10)13(16)17/h4-6H,1-3H3,(H,14,15)(H,16,17). The number of aromatic amines is 1. The van der Waals surface area contributed by atoms with E-state index in [0.29, 0.717) is 5.69 Å². The van der Waals surface area contributed by atoms with Gasteiger partial charge in [-0.1, -0.05) is 0 Å².